The van der Waals surface area contributed by atoms with Gasteiger partial charge in [-0.05, 0) is 128 Å². The molecule has 6 aliphatic carbocycles. The molecule has 0 aromatic heterocycles. The van der Waals surface area contributed by atoms with Gasteiger partial charge in [0.2, 0.25) is 0 Å². The van der Waals surface area contributed by atoms with E-state index in [2.05, 4.69) is 24.3 Å². The number of phenolic OH excluding ortho intramolecular Hbond substituents is 2. The Bertz CT molecular complexity index is 1090. The molecular formula is C34H44O2. The molecule has 192 valence electrons. The van der Waals surface area contributed by atoms with Crippen molar-refractivity contribution in [2.45, 2.75) is 119 Å². The van der Waals surface area contributed by atoms with Crippen LogP contribution in [0.2, 0.25) is 0 Å². The summed E-state index contributed by atoms with van der Waals surface area (Å²) in [6.07, 6.45) is 19.6. The van der Waals surface area contributed by atoms with Gasteiger partial charge in [-0.3, -0.25) is 0 Å². The van der Waals surface area contributed by atoms with Gasteiger partial charge in [-0.2, -0.15) is 0 Å². The lowest BCUT2D eigenvalue weighted by molar-refractivity contribution is -0.0281. The molecule has 6 aliphatic rings. The molecule has 8 rings (SSSR count). The molecule has 0 aliphatic heterocycles. The molecule has 2 aromatic carbocycles. The molecule has 0 spiro atoms. The molecule has 0 radical (unpaired) electrons. The summed E-state index contributed by atoms with van der Waals surface area (Å²) in [5.74, 6) is 5.12. The summed E-state index contributed by atoms with van der Waals surface area (Å²) in [5.41, 5.74) is 5.65. The number of benzene rings is 2. The summed E-state index contributed by atoms with van der Waals surface area (Å²) in [6.45, 7) is 0. The van der Waals surface area contributed by atoms with Crippen LogP contribution in [0.1, 0.15) is 136 Å². The molecule has 0 heterocycles. The Labute approximate surface area is 217 Å². The van der Waals surface area contributed by atoms with E-state index in [4.69, 9.17) is 0 Å². The minimum Gasteiger partial charge on any atom is -0.508 e. The highest BCUT2D eigenvalue weighted by molar-refractivity contribution is 5.48. The first-order chi connectivity index (χ1) is 17.6. The van der Waals surface area contributed by atoms with Gasteiger partial charge in [0.05, 0.1) is 0 Å². The van der Waals surface area contributed by atoms with Crippen LogP contribution in [0, 0.1) is 17.8 Å². The predicted octanol–water partition coefficient (Wildman–Crippen LogP) is 9.05. The van der Waals surface area contributed by atoms with Gasteiger partial charge in [-0.25, -0.2) is 0 Å². The Morgan fingerprint density at radius 1 is 0.611 bits per heavy atom. The van der Waals surface area contributed by atoms with Crippen LogP contribution >= 0.6 is 0 Å². The first-order valence-corrected chi connectivity index (χ1v) is 15.3. The predicted molar refractivity (Wildman–Crippen MR) is 146 cm³/mol. The van der Waals surface area contributed by atoms with Gasteiger partial charge < -0.3 is 10.2 Å². The Morgan fingerprint density at radius 2 is 1.17 bits per heavy atom. The van der Waals surface area contributed by atoms with Crippen molar-refractivity contribution in [2.75, 3.05) is 0 Å². The molecule has 2 N–H and O–H groups in total. The Morgan fingerprint density at radius 3 is 1.78 bits per heavy atom. The molecule has 6 fully saturated rings. The van der Waals surface area contributed by atoms with Crippen LogP contribution < -0.4 is 0 Å². The van der Waals surface area contributed by atoms with Crippen molar-refractivity contribution in [3.63, 3.8) is 0 Å². The number of hydrogen-bond donors (Lipinski definition) is 2. The maximum absolute atomic E-state index is 10.9. The molecule has 36 heavy (non-hydrogen) atoms. The first-order valence-electron chi connectivity index (χ1n) is 15.3. The third-order valence-electron chi connectivity index (χ3n) is 11.4. The van der Waals surface area contributed by atoms with Crippen molar-refractivity contribution in [1.29, 1.82) is 0 Å². The summed E-state index contributed by atoms with van der Waals surface area (Å²) in [6, 6.07) is 13.6. The fourth-order valence-electron chi connectivity index (χ4n) is 10.2. The van der Waals surface area contributed by atoms with Crippen LogP contribution in [0.3, 0.4) is 0 Å². The Kier molecular flexibility index (Phi) is 5.86. The van der Waals surface area contributed by atoms with Crippen molar-refractivity contribution < 1.29 is 10.2 Å². The SMILES string of the molecule is Oc1ccc(C2C3CC4CC(C3)CC2(c2ccc(O)c(C3CCCCC3)c2)C4)cc1C1CCCCC1. The summed E-state index contributed by atoms with van der Waals surface area (Å²) in [4.78, 5) is 0. The molecule has 2 nitrogen and oxygen atoms in total. The van der Waals surface area contributed by atoms with Gasteiger partial charge in [0.25, 0.3) is 0 Å². The lowest BCUT2D eigenvalue weighted by Crippen LogP contribution is -2.54. The van der Waals surface area contributed by atoms with Gasteiger partial charge in [0, 0.05) is 5.41 Å². The van der Waals surface area contributed by atoms with Crippen molar-refractivity contribution in [3.8, 4) is 11.5 Å². The van der Waals surface area contributed by atoms with Crippen LogP contribution in [-0.4, -0.2) is 10.2 Å². The molecule has 0 saturated heterocycles. The molecule has 2 aromatic rings. The van der Waals surface area contributed by atoms with E-state index in [1.807, 2.05) is 12.1 Å². The van der Waals surface area contributed by atoms with E-state index in [9.17, 15) is 10.2 Å². The molecule has 4 bridgehead atoms. The second-order valence-corrected chi connectivity index (χ2v) is 13.5. The second kappa shape index (κ2) is 9.10. The van der Waals surface area contributed by atoms with Gasteiger partial charge in [0.1, 0.15) is 11.5 Å². The fourth-order valence-corrected chi connectivity index (χ4v) is 10.2. The fraction of sp³-hybridized carbons (Fsp3) is 0.647. The van der Waals surface area contributed by atoms with Crippen molar-refractivity contribution in [1.82, 2.24) is 0 Å². The molecule has 0 amide bonds. The first kappa shape index (κ1) is 23.2. The smallest absolute Gasteiger partial charge is 0.119 e. The zero-order valence-corrected chi connectivity index (χ0v) is 21.9. The van der Waals surface area contributed by atoms with E-state index in [0.29, 0.717) is 29.3 Å². The largest absolute Gasteiger partial charge is 0.508 e. The van der Waals surface area contributed by atoms with E-state index >= 15 is 0 Å². The maximum atomic E-state index is 10.9. The molecule has 6 saturated carbocycles. The molecule has 3 unspecified atom stereocenters. The monoisotopic (exact) mass is 484 g/mol. The van der Waals surface area contributed by atoms with Crippen molar-refractivity contribution >= 4 is 0 Å². The normalized spacial score (nSPS) is 34.8. The molecule has 3 atom stereocenters. The highest BCUT2D eigenvalue weighted by atomic mass is 16.3. The van der Waals surface area contributed by atoms with E-state index in [0.717, 1.165) is 17.8 Å². The number of phenols is 2. The van der Waals surface area contributed by atoms with Crippen molar-refractivity contribution in [3.05, 3.63) is 58.7 Å². The molecule has 2 heteroatoms. The Hall–Kier alpha value is -1.96. The quantitative estimate of drug-likeness (QED) is 0.454. The van der Waals surface area contributed by atoms with Gasteiger partial charge >= 0.3 is 0 Å². The van der Waals surface area contributed by atoms with Crippen LogP contribution in [0.15, 0.2) is 36.4 Å². The Balaban J connectivity index is 1.31. The van der Waals surface area contributed by atoms with Crippen LogP contribution in [0.25, 0.3) is 0 Å². The summed E-state index contributed by atoms with van der Waals surface area (Å²) in [5, 5.41) is 21.8. The zero-order chi connectivity index (χ0) is 24.3. The van der Waals surface area contributed by atoms with Gasteiger partial charge in [-0.1, -0.05) is 62.8 Å². The number of hydrogen-bond acceptors (Lipinski definition) is 2. The average molecular weight is 485 g/mol. The lowest BCUT2D eigenvalue weighted by atomic mass is 9.42. The highest BCUT2D eigenvalue weighted by Gasteiger charge is 2.58. The van der Waals surface area contributed by atoms with Gasteiger partial charge in [-0.15, -0.1) is 0 Å². The van der Waals surface area contributed by atoms with Gasteiger partial charge in [0.15, 0.2) is 0 Å². The van der Waals surface area contributed by atoms with Crippen LogP contribution in [-0.2, 0) is 5.41 Å². The molecular weight excluding hydrogens is 440 g/mol. The summed E-state index contributed by atoms with van der Waals surface area (Å²) in [7, 11) is 0. The van der Waals surface area contributed by atoms with E-state index < -0.39 is 0 Å². The minimum atomic E-state index is 0.187. The highest BCUT2D eigenvalue weighted by Crippen LogP contribution is 2.67. The van der Waals surface area contributed by atoms with Crippen molar-refractivity contribution in [2.24, 2.45) is 17.8 Å². The van der Waals surface area contributed by atoms with Crippen LogP contribution in [0.4, 0.5) is 0 Å². The number of aromatic hydroxyl groups is 2. The van der Waals surface area contributed by atoms with E-state index in [1.54, 1.807) is 0 Å². The maximum Gasteiger partial charge on any atom is 0.119 e. The zero-order valence-electron chi connectivity index (χ0n) is 21.9. The van der Waals surface area contributed by atoms with E-state index in [1.165, 1.54) is 119 Å². The average Bonchev–Trinajstić information content (AvgIpc) is 2.90. The lowest BCUT2D eigenvalue weighted by Gasteiger charge is -2.62. The third-order valence-corrected chi connectivity index (χ3v) is 11.4. The standard InChI is InChI=1S/C34H44O2/c35-31-13-11-26(18-29(31)24-7-3-1-4-8-24)33-27-16-22-15-23(17-27)21-34(33,20-22)28-12-14-32(36)30(19-28)25-9-5-2-6-10-25/h11-14,18-19,22-25,27,33,35-36H,1-10,15-17,20-21H2. The summed E-state index contributed by atoms with van der Waals surface area (Å²) >= 11 is 0. The third kappa shape index (κ3) is 3.81. The van der Waals surface area contributed by atoms with E-state index in [-0.39, 0.29) is 5.41 Å². The second-order valence-electron chi connectivity index (χ2n) is 13.5. The van der Waals surface area contributed by atoms with Crippen LogP contribution in [0.5, 0.6) is 11.5 Å². The number of rotatable bonds is 4. The topological polar surface area (TPSA) is 40.5 Å². The minimum absolute atomic E-state index is 0.187. The summed E-state index contributed by atoms with van der Waals surface area (Å²) < 4.78 is 0.